The monoisotopic (exact) mass is 385 g/mol. The maximum absolute atomic E-state index is 12.5. The normalized spacial score (nSPS) is 17.0. The zero-order valence-electron chi connectivity index (χ0n) is 15.5. The molecule has 0 bridgehead atoms. The molecule has 0 radical (unpaired) electrons. The summed E-state index contributed by atoms with van der Waals surface area (Å²) in [5.74, 6) is 0. The van der Waals surface area contributed by atoms with Gasteiger partial charge in [0.2, 0.25) is 10.0 Å². The lowest BCUT2D eigenvalue weighted by atomic mass is 9.94. The maximum atomic E-state index is 12.5. The summed E-state index contributed by atoms with van der Waals surface area (Å²) in [6.07, 6.45) is 5.38. The van der Waals surface area contributed by atoms with Gasteiger partial charge in [-0.1, -0.05) is 19.3 Å². The average molecular weight is 385 g/mol. The molecule has 2 rings (SSSR count). The first-order valence-corrected chi connectivity index (χ1v) is 10.3. The number of nitrogens with one attached hydrogen (secondary N) is 1. The summed E-state index contributed by atoms with van der Waals surface area (Å²) in [5, 5.41) is 11.6. The smallest absolute Gasteiger partial charge is 0.293 e. The average Bonchev–Trinajstić information content (AvgIpc) is 2.61. The van der Waals surface area contributed by atoms with Crippen LogP contribution in [0.15, 0.2) is 23.1 Å². The van der Waals surface area contributed by atoms with Gasteiger partial charge in [0, 0.05) is 32.3 Å². The molecule has 1 fully saturated rings. The van der Waals surface area contributed by atoms with Gasteiger partial charge in [0.25, 0.3) is 5.69 Å². The molecule has 1 aliphatic rings. The number of anilines is 1. The molecule has 1 saturated carbocycles. The minimum Gasteiger partial charge on any atom is -0.383 e. The number of nitrogens with zero attached hydrogens (tertiary/aromatic N) is 2. The summed E-state index contributed by atoms with van der Waals surface area (Å²) < 4.78 is 32.3. The number of hydrogen-bond acceptors (Lipinski definition) is 6. The molecule has 1 aromatic rings. The van der Waals surface area contributed by atoms with Crippen LogP contribution in [0.25, 0.3) is 0 Å². The number of nitro benzene ring substituents is 1. The fourth-order valence-electron chi connectivity index (χ4n) is 3.40. The number of nitro groups is 1. The number of rotatable bonds is 8. The van der Waals surface area contributed by atoms with Crippen LogP contribution in [0.2, 0.25) is 0 Å². The van der Waals surface area contributed by atoms with Crippen LogP contribution in [-0.4, -0.2) is 46.2 Å². The van der Waals surface area contributed by atoms with Crippen molar-refractivity contribution in [1.29, 1.82) is 0 Å². The molecular formula is C17H27N3O5S. The van der Waals surface area contributed by atoms with E-state index in [1.54, 1.807) is 6.92 Å². The van der Waals surface area contributed by atoms with Gasteiger partial charge in [-0.15, -0.1) is 0 Å². The van der Waals surface area contributed by atoms with Crippen LogP contribution >= 0.6 is 0 Å². The molecule has 1 unspecified atom stereocenters. The molecule has 0 aliphatic heterocycles. The molecule has 1 aromatic carbocycles. The summed E-state index contributed by atoms with van der Waals surface area (Å²) in [7, 11) is -0.542. The van der Waals surface area contributed by atoms with Gasteiger partial charge < -0.3 is 9.64 Å². The van der Waals surface area contributed by atoms with Crippen molar-refractivity contribution in [2.24, 2.45) is 0 Å². The largest absolute Gasteiger partial charge is 0.383 e. The first kappa shape index (κ1) is 20.6. The van der Waals surface area contributed by atoms with Crippen molar-refractivity contribution in [1.82, 2.24) is 4.72 Å². The van der Waals surface area contributed by atoms with Crippen LogP contribution in [0.5, 0.6) is 0 Å². The highest BCUT2D eigenvalue weighted by atomic mass is 32.2. The third kappa shape index (κ3) is 4.93. The highest BCUT2D eigenvalue weighted by Gasteiger charge is 2.27. The van der Waals surface area contributed by atoms with Crippen molar-refractivity contribution in [2.45, 2.75) is 56.0 Å². The Morgan fingerprint density at radius 1 is 1.35 bits per heavy atom. The van der Waals surface area contributed by atoms with Gasteiger partial charge in [0.1, 0.15) is 5.69 Å². The fourth-order valence-corrected chi connectivity index (χ4v) is 4.64. The van der Waals surface area contributed by atoms with Gasteiger partial charge in [-0.05, 0) is 31.9 Å². The van der Waals surface area contributed by atoms with E-state index in [-0.39, 0.29) is 23.2 Å². The SMILES string of the molecule is COCC(C)NS(=O)(=O)c1ccc(N(C)C2CCCCC2)c([N+](=O)[O-])c1. The molecule has 0 amide bonds. The predicted molar refractivity (Wildman–Crippen MR) is 100 cm³/mol. The predicted octanol–water partition coefficient (Wildman–Crippen LogP) is 2.68. The van der Waals surface area contributed by atoms with E-state index in [9.17, 15) is 18.5 Å². The molecule has 0 saturated heterocycles. The van der Waals surface area contributed by atoms with Crippen LogP contribution in [-0.2, 0) is 14.8 Å². The summed E-state index contributed by atoms with van der Waals surface area (Å²) >= 11 is 0. The van der Waals surface area contributed by atoms with Crippen molar-refractivity contribution in [2.75, 3.05) is 25.7 Å². The molecule has 0 heterocycles. The second kappa shape index (κ2) is 8.79. The van der Waals surface area contributed by atoms with Crippen molar-refractivity contribution >= 4 is 21.4 Å². The minimum absolute atomic E-state index is 0.118. The van der Waals surface area contributed by atoms with E-state index < -0.39 is 21.0 Å². The lowest BCUT2D eigenvalue weighted by Gasteiger charge is -2.32. The molecule has 1 aliphatic carbocycles. The Morgan fingerprint density at radius 3 is 2.58 bits per heavy atom. The number of hydrogen-bond donors (Lipinski definition) is 1. The van der Waals surface area contributed by atoms with Gasteiger partial charge in [-0.25, -0.2) is 13.1 Å². The third-order valence-electron chi connectivity index (χ3n) is 4.73. The first-order valence-electron chi connectivity index (χ1n) is 8.79. The second-order valence-corrected chi connectivity index (χ2v) is 8.50. The Kier molecular flexibility index (Phi) is 6.96. The molecule has 9 heteroatoms. The zero-order valence-corrected chi connectivity index (χ0v) is 16.3. The number of benzene rings is 1. The molecule has 1 N–H and O–H groups in total. The van der Waals surface area contributed by atoms with Gasteiger partial charge >= 0.3 is 0 Å². The highest BCUT2D eigenvalue weighted by molar-refractivity contribution is 7.89. The second-order valence-electron chi connectivity index (χ2n) is 6.79. The van der Waals surface area contributed by atoms with Gasteiger partial charge in [-0.2, -0.15) is 0 Å². The zero-order chi connectivity index (χ0) is 19.3. The Hall–Kier alpha value is -1.71. The van der Waals surface area contributed by atoms with Gasteiger partial charge in [0.15, 0.2) is 0 Å². The molecule has 8 nitrogen and oxygen atoms in total. The summed E-state index contributed by atoms with van der Waals surface area (Å²) in [6.45, 7) is 1.88. The van der Waals surface area contributed by atoms with Gasteiger partial charge in [-0.3, -0.25) is 10.1 Å². The Morgan fingerprint density at radius 2 is 2.00 bits per heavy atom. The van der Waals surface area contributed by atoms with Crippen LogP contribution in [0, 0.1) is 10.1 Å². The molecule has 1 atom stereocenters. The van der Waals surface area contributed by atoms with E-state index in [4.69, 9.17) is 4.74 Å². The molecule has 0 spiro atoms. The van der Waals surface area contributed by atoms with Crippen molar-refractivity contribution in [3.05, 3.63) is 28.3 Å². The van der Waals surface area contributed by atoms with Crippen LogP contribution in [0.1, 0.15) is 39.0 Å². The Balaban J connectivity index is 2.32. The van der Waals surface area contributed by atoms with E-state index in [1.165, 1.54) is 25.7 Å². The quantitative estimate of drug-likeness (QED) is 0.545. The number of methoxy groups -OCH3 is 1. The topological polar surface area (TPSA) is 102 Å². The van der Waals surface area contributed by atoms with Crippen molar-refractivity contribution in [3.63, 3.8) is 0 Å². The maximum Gasteiger partial charge on any atom is 0.293 e. The fraction of sp³-hybridized carbons (Fsp3) is 0.647. The molecule has 146 valence electrons. The highest BCUT2D eigenvalue weighted by Crippen LogP contribution is 2.34. The minimum atomic E-state index is -3.86. The van der Waals surface area contributed by atoms with Crippen molar-refractivity contribution < 1.29 is 18.1 Å². The summed E-state index contributed by atoms with van der Waals surface area (Å²) in [5.41, 5.74) is 0.256. The van der Waals surface area contributed by atoms with E-state index in [0.29, 0.717) is 5.69 Å². The van der Waals surface area contributed by atoms with Crippen LogP contribution < -0.4 is 9.62 Å². The van der Waals surface area contributed by atoms with E-state index >= 15 is 0 Å². The lowest BCUT2D eigenvalue weighted by molar-refractivity contribution is -0.384. The van der Waals surface area contributed by atoms with E-state index in [1.807, 2.05) is 11.9 Å². The number of sulfonamides is 1. The van der Waals surface area contributed by atoms with Crippen LogP contribution in [0.3, 0.4) is 0 Å². The van der Waals surface area contributed by atoms with E-state index in [0.717, 1.165) is 31.7 Å². The lowest BCUT2D eigenvalue weighted by Crippen LogP contribution is -2.36. The van der Waals surface area contributed by atoms with Crippen molar-refractivity contribution in [3.8, 4) is 0 Å². The van der Waals surface area contributed by atoms with Crippen LogP contribution in [0.4, 0.5) is 11.4 Å². The third-order valence-corrected chi connectivity index (χ3v) is 6.32. The molecule has 26 heavy (non-hydrogen) atoms. The Labute approximate surface area is 154 Å². The first-order chi connectivity index (χ1) is 12.3. The molecule has 0 aromatic heterocycles. The summed E-state index contributed by atoms with van der Waals surface area (Å²) in [6, 6.07) is 3.89. The number of ether oxygens (including phenoxy) is 1. The standard InChI is InChI=1S/C17H27N3O5S/c1-13(12-25-3)18-26(23,24)15-9-10-16(17(11-15)20(21)22)19(2)14-7-5-4-6-8-14/h9-11,13-14,18H,4-8,12H2,1-3H3. The van der Waals surface area contributed by atoms with Gasteiger partial charge in [0.05, 0.1) is 16.4 Å². The molecular weight excluding hydrogens is 358 g/mol. The van der Waals surface area contributed by atoms with E-state index in [2.05, 4.69) is 4.72 Å². The Bertz CT molecular complexity index is 732. The summed E-state index contributed by atoms with van der Waals surface area (Å²) in [4.78, 5) is 12.8.